The highest BCUT2D eigenvalue weighted by Crippen LogP contribution is 2.34. The average molecular weight is 334 g/mol. The van der Waals surface area contributed by atoms with Crippen molar-refractivity contribution in [2.24, 2.45) is 5.92 Å². The Morgan fingerprint density at radius 1 is 1.33 bits per heavy atom. The molecule has 0 unspecified atom stereocenters. The summed E-state index contributed by atoms with van der Waals surface area (Å²) in [6.45, 7) is 1.57. The number of carbonyl (C=O) groups is 2. The van der Waals surface area contributed by atoms with E-state index in [1.165, 1.54) is 12.1 Å². The fourth-order valence-electron chi connectivity index (χ4n) is 3.79. The molecule has 0 bridgehead atoms. The molecule has 0 spiro atoms. The van der Waals surface area contributed by atoms with Gasteiger partial charge in [0.2, 0.25) is 5.91 Å². The fourth-order valence-corrected chi connectivity index (χ4v) is 3.79. The van der Waals surface area contributed by atoms with Gasteiger partial charge in [-0.25, -0.2) is 9.18 Å². The Morgan fingerprint density at radius 2 is 2.12 bits per heavy atom. The summed E-state index contributed by atoms with van der Waals surface area (Å²) < 4.78 is 13.2. The Labute approximate surface area is 141 Å². The minimum absolute atomic E-state index is 0.0361. The van der Waals surface area contributed by atoms with Gasteiger partial charge in [0.1, 0.15) is 5.82 Å². The van der Waals surface area contributed by atoms with Gasteiger partial charge in [-0.15, -0.1) is 0 Å². The number of nitrogens with zero attached hydrogens (tertiary/aromatic N) is 2. The predicted molar refractivity (Wildman–Crippen MR) is 87.7 cm³/mol. The van der Waals surface area contributed by atoms with Crippen molar-refractivity contribution < 1.29 is 14.0 Å². The molecule has 3 rings (SSSR count). The zero-order valence-corrected chi connectivity index (χ0v) is 14.0. The molecule has 0 saturated carbocycles. The van der Waals surface area contributed by atoms with Crippen LogP contribution in [-0.2, 0) is 11.3 Å². The van der Waals surface area contributed by atoms with E-state index in [0.29, 0.717) is 25.6 Å². The van der Waals surface area contributed by atoms with Crippen LogP contribution in [0.25, 0.3) is 0 Å². The second-order valence-corrected chi connectivity index (χ2v) is 6.55. The number of halogens is 1. The minimum atomic E-state index is -0.306. The molecule has 0 aliphatic carbocycles. The first-order valence-electron chi connectivity index (χ1n) is 8.20. The van der Waals surface area contributed by atoms with Crippen LogP contribution in [0.4, 0.5) is 9.18 Å². The molecule has 1 aromatic rings. The standard InChI is InChI=1S/C17H23FN4O2/c1-19-16(23)14-7-12-9-22(10-15(12)21(14)2)17(24)20-8-11-4-3-5-13(18)6-11/h3-6,12,14-15H,7-10H2,1-2H3,(H,19,23)(H,20,24)/t12-,14-,15+/m1/s1. The third kappa shape index (κ3) is 3.21. The molecule has 2 aliphatic heterocycles. The van der Waals surface area contributed by atoms with Gasteiger partial charge in [-0.2, -0.15) is 0 Å². The van der Waals surface area contributed by atoms with Crippen LogP contribution in [0.1, 0.15) is 12.0 Å². The fraction of sp³-hybridized carbons (Fsp3) is 0.529. The van der Waals surface area contributed by atoms with Crippen LogP contribution in [0, 0.1) is 11.7 Å². The molecule has 2 fully saturated rings. The number of fused-ring (bicyclic) bond motifs is 1. The smallest absolute Gasteiger partial charge is 0.317 e. The summed E-state index contributed by atoms with van der Waals surface area (Å²) in [5, 5.41) is 5.54. The van der Waals surface area contributed by atoms with Gasteiger partial charge >= 0.3 is 6.03 Å². The quantitative estimate of drug-likeness (QED) is 0.859. The van der Waals surface area contributed by atoms with Crippen LogP contribution < -0.4 is 10.6 Å². The number of likely N-dealkylation sites (N-methyl/N-ethyl adjacent to an activating group) is 2. The number of nitrogens with one attached hydrogen (secondary N) is 2. The van der Waals surface area contributed by atoms with Gasteiger partial charge in [0, 0.05) is 32.7 Å². The third-order valence-corrected chi connectivity index (χ3v) is 5.12. The van der Waals surface area contributed by atoms with Crippen molar-refractivity contribution in [2.45, 2.75) is 25.0 Å². The largest absolute Gasteiger partial charge is 0.358 e. The van der Waals surface area contributed by atoms with Crippen LogP contribution >= 0.6 is 0 Å². The van der Waals surface area contributed by atoms with Crippen molar-refractivity contribution in [3.8, 4) is 0 Å². The molecule has 2 saturated heterocycles. The van der Waals surface area contributed by atoms with E-state index in [-0.39, 0.29) is 29.8 Å². The van der Waals surface area contributed by atoms with E-state index in [0.717, 1.165) is 12.0 Å². The maximum Gasteiger partial charge on any atom is 0.317 e. The Bertz CT molecular complexity index is 639. The van der Waals surface area contributed by atoms with Gasteiger partial charge in [0.05, 0.1) is 6.04 Å². The zero-order valence-electron chi connectivity index (χ0n) is 14.0. The maximum atomic E-state index is 13.2. The van der Waals surface area contributed by atoms with Crippen LogP contribution in [0.5, 0.6) is 0 Å². The van der Waals surface area contributed by atoms with Crippen molar-refractivity contribution in [3.63, 3.8) is 0 Å². The molecule has 3 atom stereocenters. The van der Waals surface area contributed by atoms with Gasteiger partial charge in [0.25, 0.3) is 0 Å². The summed E-state index contributed by atoms with van der Waals surface area (Å²) in [5.74, 6) is 0.0468. The molecule has 7 heteroatoms. The molecule has 2 heterocycles. The van der Waals surface area contributed by atoms with Crippen molar-refractivity contribution >= 4 is 11.9 Å². The molecular weight excluding hydrogens is 311 g/mol. The van der Waals surface area contributed by atoms with E-state index >= 15 is 0 Å². The second kappa shape index (κ2) is 6.76. The topological polar surface area (TPSA) is 64.7 Å². The molecule has 0 radical (unpaired) electrons. The van der Waals surface area contributed by atoms with Crippen molar-refractivity contribution in [1.29, 1.82) is 0 Å². The summed E-state index contributed by atoms with van der Waals surface area (Å²) in [4.78, 5) is 28.1. The second-order valence-electron chi connectivity index (χ2n) is 6.55. The van der Waals surface area contributed by atoms with E-state index in [1.807, 2.05) is 7.05 Å². The number of hydrogen-bond acceptors (Lipinski definition) is 3. The SMILES string of the molecule is CNC(=O)[C@H]1C[C@@H]2CN(C(=O)NCc3cccc(F)c3)C[C@@H]2N1C. The molecule has 2 N–H and O–H groups in total. The van der Waals surface area contributed by atoms with Crippen LogP contribution in [0.3, 0.4) is 0 Å². The Kier molecular flexibility index (Phi) is 4.71. The average Bonchev–Trinajstić information content (AvgIpc) is 3.12. The predicted octanol–water partition coefficient (Wildman–Crippen LogP) is 0.786. The lowest BCUT2D eigenvalue weighted by atomic mass is 10.0. The molecule has 6 nitrogen and oxygen atoms in total. The maximum absolute atomic E-state index is 13.2. The summed E-state index contributed by atoms with van der Waals surface area (Å²) in [7, 11) is 3.59. The Hall–Kier alpha value is -2.15. The van der Waals surface area contributed by atoms with Crippen LogP contribution in [0.2, 0.25) is 0 Å². The van der Waals surface area contributed by atoms with E-state index in [1.54, 1.807) is 24.1 Å². The first kappa shape index (κ1) is 16.7. The summed E-state index contributed by atoms with van der Waals surface area (Å²) in [6, 6.07) is 6.18. The van der Waals surface area contributed by atoms with E-state index < -0.39 is 0 Å². The Balaban J connectivity index is 1.53. The summed E-state index contributed by atoms with van der Waals surface area (Å²) in [6.07, 6.45) is 0.772. The van der Waals surface area contributed by atoms with Gasteiger partial charge in [0.15, 0.2) is 0 Å². The zero-order chi connectivity index (χ0) is 17.3. The number of hydrogen-bond donors (Lipinski definition) is 2. The first-order chi connectivity index (χ1) is 11.5. The molecule has 0 aromatic heterocycles. The number of rotatable bonds is 3. The van der Waals surface area contributed by atoms with E-state index in [9.17, 15) is 14.0 Å². The molecule has 3 amide bonds. The van der Waals surface area contributed by atoms with E-state index in [4.69, 9.17) is 0 Å². The highest BCUT2D eigenvalue weighted by Gasteiger charge is 2.47. The lowest BCUT2D eigenvalue weighted by molar-refractivity contribution is -0.125. The molecule has 24 heavy (non-hydrogen) atoms. The number of amides is 3. The van der Waals surface area contributed by atoms with Crippen molar-refractivity contribution in [3.05, 3.63) is 35.6 Å². The first-order valence-corrected chi connectivity index (χ1v) is 8.20. The number of urea groups is 1. The monoisotopic (exact) mass is 334 g/mol. The molecule has 1 aromatic carbocycles. The highest BCUT2D eigenvalue weighted by molar-refractivity contribution is 5.82. The van der Waals surface area contributed by atoms with E-state index in [2.05, 4.69) is 15.5 Å². The number of carbonyl (C=O) groups excluding carboxylic acids is 2. The normalized spacial score (nSPS) is 26.3. The molecular formula is C17H23FN4O2. The van der Waals surface area contributed by atoms with Crippen LogP contribution in [-0.4, -0.2) is 61.0 Å². The van der Waals surface area contributed by atoms with Gasteiger partial charge in [-0.1, -0.05) is 12.1 Å². The summed E-state index contributed by atoms with van der Waals surface area (Å²) in [5.41, 5.74) is 0.736. The molecule has 2 aliphatic rings. The number of likely N-dealkylation sites (tertiary alicyclic amines) is 2. The van der Waals surface area contributed by atoms with Crippen LogP contribution in [0.15, 0.2) is 24.3 Å². The van der Waals surface area contributed by atoms with Gasteiger partial charge in [-0.05, 0) is 37.1 Å². The third-order valence-electron chi connectivity index (χ3n) is 5.12. The highest BCUT2D eigenvalue weighted by atomic mass is 19.1. The van der Waals surface area contributed by atoms with Gasteiger partial charge < -0.3 is 15.5 Å². The van der Waals surface area contributed by atoms with Crippen molar-refractivity contribution in [2.75, 3.05) is 27.2 Å². The number of benzene rings is 1. The Morgan fingerprint density at radius 3 is 2.79 bits per heavy atom. The lowest BCUT2D eigenvalue weighted by Crippen LogP contribution is -2.46. The van der Waals surface area contributed by atoms with Crippen molar-refractivity contribution in [1.82, 2.24) is 20.4 Å². The minimum Gasteiger partial charge on any atom is -0.358 e. The van der Waals surface area contributed by atoms with Gasteiger partial charge in [-0.3, -0.25) is 9.69 Å². The molecule has 130 valence electrons. The summed E-state index contributed by atoms with van der Waals surface area (Å²) >= 11 is 0. The lowest BCUT2D eigenvalue weighted by Gasteiger charge is -2.25.